The summed E-state index contributed by atoms with van der Waals surface area (Å²) in [7, 11) is 0. The molecule has 0 spiro atoms. The van der Waals surface area contributed by atoms with Gasteiger partial charge in [0, 0.05) is 10.7 Å². The lowest BCUT2D eigenvalue weighted by Gasteiger charge is -2.09. The number of carbonyl (C=O) groups excluding carboxylic acids is 1. The number of halogens is 5. The zero-order chi connectivity index (χ0) is 19.6. The first kappa shape index (κ1) is 19.1. The molecule has 2 heterocycles. The zero-order valence-electron chi connectivity index (χ0n) is 13.4. The van der Waals surface area contributed by atoms with Crippen LogP contribution < -0.4 is 10.1 Å². The van der Waals surface area contributed by atoms with E-state index in [1.165, 1.54) is 18.2 Å². The number of aromatic nitrogens is 3. The van der Waals surface area contributed by atoms with Crippen molar-refractivity contribution in [3.8, 4) is 5.75 Å². The van der Waals surface area contributed by atoms with Crippen LogP contribution in [-0.4, -0.2) is 27.1 Å². The number of carbonyl (C=O) groups is 1. The van der Waals surface area contributed by atoms with E-state index >= 15 is 0 Å². The fraction of sp³-hybridized carbons (Fsp3) is 0.188. The van der Waals surface area contributed by atoms with Crippen molar-refractivity contribution in [2.75, 3.05) is 6.61 Å². The van der Waals surface area contributed by atoms with Gasteiger partial charge in [0.15, 0.2) is 29.6 Å². The molecule has 2 aromatic heterocycles. The second-order valence-electron chi connectivity index (χ2n) is 5.40. The number of pyridine rings is 1. The summed E-state index contributed by atoms with van der Waals surface area (Å²) in [5, 5.41) is 9.94. The third-order valence-corrected chi connectivity index (χ3v) is 3.99. The van der Waals surface area contributed by atoms with Crippen LogP contribution in [0.5, 0.6) is 5.75 Å². The summed E-state index contributed by atoms with van der Waals surface area (Å²) in [6, 6.07) is 6.18. The topological polar surface area (TPSA) is 68.5 Å². The van der Waals surface area contributed by atoms with Gasteiger partial charge in [-0.1, -0.05) is 15.9 Å². The summed E-state index contributed by atoms with van der Waals surface area (Å²) in [4.78, 5) is 11.8. The zero-order valence-corrected chi connectivity index (χ0v) is 15.0. The highest BCUT2D eigenvalue weighted by molar-refractivity contribution is 9.10. The molecule has 0 aliphatic heterocycles. The number of hydrogen-bond donors (Lipinski definition) is 1. The van der Waals surface area contributed by atoms with Crippen LogP contribution in [0.4, 0.5) is 17.6 Å². The SMILES string of the molecule is O=C(COc1ccc(Br)cc1F)NCc1nnc2ccc(C(F)(F)F)cn12. The lowest BCUT2D eigenvalue weighted by molar-refractivity contribution is -0.137. The third kappa shape index (κ3) is 4.54. The van der Waals surface area contributed by atoms with Crippen LogP contribution in [0.3, 0.4) is 0 Å². The van der Waals surface area contributed by atoms with Gasteiger partial charge < -0.3 is 10.1 Å². The van der Waals surface area contributed by atoms with Gasteiger partial charge in [0.05, 0.1) is 12.1 Å². The number of amides is 1. The van der Waals surface area contributed by atoms with E-state index in [0.29, 0.717) is 4.47 Å². The minimum absolute atomic E-state index is 0.101. The van der Waals surface area contributed by atoms with Gasteiger partial charge in [0.1, 0.15) is 0 Å². The number of hydrogen-bond acceptors (Lipinski definition) is 4. The van der Waals surface area contributed by atoms with Crippen molar-refractivity contribution in [1.82, 2.24) is 19.9 Å². The number of ether oxygens (including phenoxy) is 1. The minimum Gasteiger partial charge on any atom is -0.481 e. The van der Waals surface area contributed by atoms with Gasteiger partial charge in [-0.25, -0.2) is 4.39 Å². The first-order valence-electron chi connectivity index (χ1n) is 7.49. The van der Waals surface area contributed by atoms with E-state index in [2.05, 4.69) is 31.4 Å². The van der Waals surface area contributed by atoms with E-state index in [0.717, 1.165) is 16.7 Å². The van der Waals surface area contributed by atoms with Gasteiger partial charge in [-0.05, 0) is 30.3 Å². The summed E-state index contributed by atoms with van der Waals surface area (Å²) in [6.07, 6.45) is -3.66. The third-order valence-electron chi connectivity index (χ3n) is 3.50. The fourth-order valence-corrected chi connectivity index (χ4v) is 2.52. The van der Waals surface area contributed by atoms with E-state index in [1.54, 1.807) is 6.07 Å². The smallest absolute Gasteiger partial charge is 0.417 e. The molecule has 3 rings (SSSR count). The largest absolute Gasteiger partial charge is 0.481 e. The van der Waals surface area contributed by atoms with Crippen LogP contribution in [0.25, 0.3) is 5.65 Å². The number of nitrogens with one attached hydrogen (secondary N) is 1. The van der Waals surface area contributed by atoms with Gasteiger partial charge in [0.2, 0.25) is 0 Å². The molecule has 0 saturated heterocycles. The van der Waals surface area contributed by atoms with Gasteiger partial charge in [-0.2, -0.15) is 13.2 Å². The predicted octanol–water partition coefficient (Wildman–Crippen LogP) is 3.34. The maximum atomic E-state index is 13.6. The second kappa shape index (κ2) is 7.51. The van der Waals surface area contributed by atoms with Crippen molar-refractivity contribution in [1.29, 1.82) is 0 Å². The number of alkyl halides is 3. The molecule has 0 bridgehead atoms. The average Bonchev–Trinajstić information content (AvgIpc) is 3.00. The van der Waals surface area contributed by atoms with Crippen molar-refractivity contribution >= 4 is 27.5 Å². The molecule has 6 nitrogen and oxygen atoms in total. The standard InChI is InChI=1S/C16H11BrF4N4O2/c17-10-2-3-12(11(18)5-10)27-8-15(26)22-6-14-24-23-13-4-1-9(7-25(13)14)16(19,20)21/h1-5,7H,6,8H2,(H,22,26). The summed E-state index contributed by atoms with van der Waals surface area (Å²) in [5.41, 5.74) is -0.656. The molecular formula is C16H11BrF4N4O2. The average molecular weight is 447 g/mol. The van der Waals surface area contributed by atoms with Crippen molar-refractivity contribution in [3.05, 3.63) is 58.2 Å². The summed E-state index contributed by atoms with van der Waals surface area (Å²) >= 11 is 3.10. The number of fused-ring (bicyclic) bond motifs is 1. The van der Waals surface area contributed by atoms with Gasteiger partial charge in [-0.3, -0.25) is 9.20 Å². The molecule has 11 heteroatoms. The molecule has 3 aromatic rings. The molecule has 0 fully saturated rings. The van der Waals surface area contributed by atoms with E-state index < -0.39 is 30.1 Å². The first-order chi connectivity index (χ1) is 12.7. The molecule has 0 radical (unpaired) electrons. The molecule has 1 N–H and O–H groups in total. The Balaban J connectivity index is 1.63. The van der Waals surface area contributed by atoms with E-state index in [9.17, 15) is 22.4 Å². The highest BCUT2D eigenvalue weighted by Crippen LogP contribution is 2.29. The monoisotopic (exact) mass is 446 g/mol. The Morgan fingerprint density at radius 1 is 1.22 bits per heavy atom. The summed E-state index contributed by atoms with van der Waals surface area (Å²) in [5.74, 6) is -1.23. The molecule has 0 unspecified atom stereocenters. The van der Waals surface area contributed by atoms with Crippen LogP contribution >= 0.6 is 15.9 Å². The van der Waals surface area contributed by atoms with Crippen molar-refractivity contribution in [2.24, 2.45) is 0 Å². The van der Waals surface area contributed by atoms with Gasteiger partial charge in [0.25, 0.3) is 5.91 Å². The molecule has 0 saturated carbocycles. The van der Waals surface area contributed by atoms with Crippen LogP contribution in [0.1, 0.15) is 11.4 Å². The molecule has 0 atom stereocenters. The van der Waals surface area contributed by atoms with Crippen LogP contribution in [0, 0.1) is 5.82 Å². The van der Waals surface area contributed by atoms with Crippen LogP contribution in [-0.2, 0) is 17.5 Å². The van der Waals surface area contributed by atoms with Gasteiger partial charge in [-0.15, -0.1) is 10.2 Å². The molecule has 142 valence electrons. The Morgan fingerprint density at radius 2 is 2.00 bits per heavy atom. The minimum atomic E-state index is -4.51. The Hall–Kier alpha value is -2.69. The molecule has 1 aromatic carbocycles. The molecule has 27 heavy (non-hydrogen) atoms. The lowest BCUT2D eigenvalue weighted by atomic mass is 10.3. The van der Waals surface area contributed by atoms with E-state index in [4.69, 9.17) is 4.74 Å². The van der Waals surface area contributed by atoms with Crippen molar-refractivity contribution in [3.63, 3.8) is 0 Å². The van der Waals surface area contributed by atoms with Crippen molar-refractivity contribution in [2.45, 2.75) is 12.7 Å². The molecular weight excluding hydrogens is 436 g/mol. The highest BCUT2D eigenvalue weighted by atomic mass is 79.9. The number of benzene rings is 1. The first-order valence-corrected chi connectivity index (χ1v) is 8.29. The Kier molecular flexibility index (Phi) is 5.31. The van der Waals surface area contributed by atoms with Crippen LogP contribution in [0.15, 0.2) is 41.0 Å². The molecule has 0 aliphatic rings. The second-order valence-corrected chi connectivity index (χ2v) is 6.32. The maximum Gasteiger partial charge on any atom is 0.417 e. The predicted molar refractivity (Wildman–Crippen MR) is 89.4 cm³/mol. The quantitative estimate of drug-likeness (QED) is 0.610. The number of rotatable bonds is 5. The Morgan fingerprint density at radius 3 is 2.70 bits per heavy atom. The maximum absolute atomic E-state index is 13.6. The van der Waals surface area contributed by atoms with Gasteiger partial charge >= 0.3 is 6.18 Å². The Labute approximate surface area is 158 Å². The van der Waals surface area contributed by atoms with Crippen molar-refractivity contribution < 1.29 is 27.1 Å². The summed E-state index contributed by atoms with van der Waals surface area (Å²) in [6.45, 7) is -0.642. The molecule has 1 amide bonds. The summed E-state index contributed by atoms with van der Waals surface area (Å²) < 4.78 is 58.8. The molecule has 0 aliphatic carbocycles. The highest BCUT2D eigenvalue weighted by Gasteiger charge is 2.31. The van der Waals surface area contributed by atoms with Crippen LogP contribution in [0.2, 0.25) is 0 Å². The Bertz CT molecular complexity index is 990. The van der Waals surface area contributed by atoms with E-state index in [-0.39, 0.29) is 23.8 Å². The van der Waals surface area contributed by atoms with E-state index in [1.807, 2.05) is 0 Å². The normalized spacial score (nSPS) is 11.6. The fourth-order valence-electron chi connectivity index (χ4n) is 2.19. The number of nitrogens with zero attached hydrogens (tertiary/aromatic N) is 3. The lowest BCUT2D eigenvalue weighted by Crippen LogP contribution is -2.29.